The predicted molar refractivity (Wildman–Crippen MR) is 343 cm³/mol. The van der Waals surface area contributed by atoms with E-state index in [-0.39, 0.29) is 121 Å². The molecule has 34 heteroatoms. The highest BCUT2D eigenvalue weighted by atomic mass is 16.4. The first-order chi connectivity index (χ1) is 44.8. The Hall–Kier alpha value is -9.70. The lowest BCUT2D eigenvalue weighted by Crippen LogP contribution is -2.60. The molecule has 516 valence electrons. The van der Waals surface area contributed by atoms with Gasteiger partial charge in [-0.25, -0.2) is 4.79 Å². The van der Waals surface area contributed by atoms with Crippen LogP contribution < -0.4 is 77.4 Å². The number of carboxylic acid groups (broad SMARTS) is 1. The van der Waals surface area contributed by atoms with Crippen molar-refractivity contribution in [1.82, 2.24) is 51.9 Å². The highest BCUT2D eigenvalue weighted by Crippen LogP contribution is 2.27. The fourth-order valence-electron chi connectivity index (χ4n) is 11.2. The molecule has 2 aromatic carbocycles. The largest absolute Gasteiger partial charge is 0.480 e. The van der Waals surface area contributed by atoms with E-state index in [9.17, 15) is 68.1 Å². The summed E-state index contributed by atoms with van der Waals surface area (Å²) < 4.78 is 0. The third-order valence-electron chi connectivity index (χ3n) is 16.1. The molecule has 3 aliphatic heterocycles. The van der Waals surface area contributed by atoms with E-state index in [1.165, 1.54) is 16.7 Å². The van der Waals surface area contributed by atoms with Crippen LogP contribution in [0.3, 0.4) is 0 Å². The minimum atomic E-state index is -1.64. The lowest BCUT2D eigenvalue weighted by Gasteiger charge is -2.33. The molecule has 24 N–H and O–H groups in total. The number of amides is 10. The van der Waals surface area contributed by atoms with Gasteiger partial charge in [-0.15, -0.1) is 0 Å². The molecule has 3 fully saturated rings. The zero-order valence-electron chi connectivity index (χ0n) is 52.7. The molecular weight excluding hydrogens is 1220 g/mol. The van der Waals surface area contributed by atoms with Crippen LogP contribution in [0.15, 0.2) is 75.6 Å². The number of carbonyl (C=O) groups excluding carboxylic acids is 10. The van der Waals surface area contributed by atoms with Crippen molar-refractivity contribution in [1.29, 1.82) is 0 Å². The average molecular weight is 1320 g/mol. The van der Waals surface area contributed by atoms with Gasteiger partial charge in [0, 0.05) is 52.1 Å². The normalized spacial score (nSPS) is 18.4. The predicted octanol–water partition coefficient (Wildman–Crippen LogP) is -6.58. The molecule has 11 atom stereocenters. The van der Waals surface area contributed by atoms with E-state index in [1.54, 1.807) is 60.7 Å². The van der Waals surface area contributed by atoms with Gasteiger partial charge in [-0.2, -0.15) is 0 Å². The van der Waals surface area contributed by atoms with E-state index in [0.29, 0.717) is 36.8 Å². The SMILES string of the molecule is C[C@H](O)[C@H](NC(=O)[C@@H](N)CCCN=C(N)N)C(=O)N[C@@H](CCCN=C(N)N)C(=O)N1CCC[C@H]1C(=O)N1CCC[C@H]1C(=O)NCC(=O)N[C@@H](Cc1ccccc1)C(=O)N[C@@H](CO)C(=O)N1CCC[C@H]1C(=O)N[C@@H](Cc1ccccc1)C(=O)N[C@@H](CCCN=C(N)N)C(=O)O. The van der Waals surface area contributed by atoms with Crippen molar-refractivity contribution in [3.05, 3.63) is 71.8 Å². The molecule has 3 saturated heterocycles. The Balaban J connectivity index is 1.23. The van der Waals surface area contributed by atoms with E-state index < -0.39 is 145 Å². The summed E-state index contributed by atoms with van der Waals surface area (Å²) in [5.41, 5.74) is 39.8. The zero-order valence-corrected chi connectivity index (χ0v) is 52.7. The van der Waals surface area contributed by atoms with Crippen LogP contribution in [0, 0.1) is 0 Å². The molecule has 0 bridgehead atoms. The molecule has 0 unspecified atom stereocenters. The summed E-state index contributed by atoms with van der Waals surface area (Å²) in [5, 5.41) is 49.1. The molecule has 3 heterocycles. The molecule has 5 rings (SSSR count). The van der Waals surface area contributed by atoms with Crippen LogP contribution in [0.5, 0.6) is 0 Å². The van der Waals surface area contributed by atoms with Gasteiger partial charge < -0.3 is 107 Å². The third kappa shape index (κ3) is 23.5. The van der Waals surface area contributed by atoms with Crippen molar-refractivity contribution in [2.24, 2.45) is 55.1 Å². The summed E-state index contributed by atoms with van der Waals surface area (Å²) in [6.45, 7) is 0.214. The number of hydrogen-bond donors (Lipinski definition) is 17. The van der Waals surface area contributed by atoms with E-state index in [2.05, 4.69) is 52.2 Å². The first-order valence-electron chi connectivity index (χ1n) is 31.3. The number of aliphatic hydroxyl groups excluding tert-OH is 2. The van der Waals surface area contributed by atoms with E-state index >= 15 is 0 Å². The first-order valence-corrected chi connectivity index (χ1v) is 31.3. The number of rotatable bonds is 36. The minimum Gasteiger partial charge on any atom is -0.480 e. The van der Waals surface area contributed by atoms with Crippen molar-refractivity contribution in [2.45, 2.75) is 163 Å². The number of aliphatic hydroxyl groups is 2. The van der Waals surface area contributed by atoms with Crippen molar-refractivity contribution < 1.29 is 68.1 Å². The Morgan fingerprint density at radius 3 is 1.46 bits per heavy atom. The summed E-state index contributed by atoms with van der Waals surface area (Å²) in [6.07, 6.45) is 0.683. The number of likely N-dealkylation sites (tertiary alicyclic amines) is 3. The second-order valence-corrected chi connectivity index (χ2v) is 23.2. The van der Waals surface area contributed by atoms with E-state index in [4.69, 9.17) is 40.1 Å². The maximum Gasteiger partial charge on any atom is 0.326 e. The molecule has 0 spiro atoms. The summed E-state index contributed by atoms with van der Waals surface area (Å²) in [6, 6.07) is 4.03. The fourth-order valence-corrected chi connectivity index (χ4v) is 11.2. The van der Waals surface area contributed by atoms with Gasteiger partial charge in [-0.1, -0.05) is 60.7 Å². The number of nitrogens with two attached hydrogens (primary N) is 7. The second kappa shape index (κ2) is 37.7. The lowest BCUT2D eigenvalue weighted by atomic mass is 10.0. The van der Waals surface area contributed by atoms with Crippen LogP contribution in [-0.4, -0.2) is 232 Å². The van der Waals surface area contributed by atoms with Crippen LogP contribution in [-0.2, 0) is 65.6 Å². The van der Waals surface area contributed by atoms with Gasteiger partial charge in [0.05, 0.1) is 25.3 Å². The highest BCUT2D eigenvalue weighted by Gasteiger charge is 2.45. The van der Waals surface area contributed by atoms with Crippen molar-refractivity contribution >= 4 is 82.9 Å². The van der Waals surface area contributed by atoms with E-state index in [1.807, 2.05) is 0 Å². The molecular formula is C60H92N20O14. The van der Waals surface area contributed by atoms with Crippen LogP contribution >= 0.6 is 0 Å². The zero-order chi connectivity index (χ0) is 69.0. The Labute approximate surface area is 543 Å². The van der Waals surface area contributed by atoms with Crippen LogP contribution in [0.4, 0.5) is 0 Å². The number of benzene rings is 2. The van der Waals surface area contributed by atoms with Crippen LogP contribution in [0.25, 0.3) is 0 Å². The molecule has 10 amide bonds. The highest BCUT2D eigenvalue weighted by molar-refractivity contribution is 5.99. The maximum absolute atomic E-state index is 14.5. The van der Waals surface area contributed by atoms with Gasteiger partial charge >= 0.3 is 5.97 Å². The molecule has 0 radical (unpaired) electrons. The number of hydrogen-bond acceptors (Lipinski definition) is 17. The Kier molecular flexibility index (Phi) is 30.1. The summed E-state index contributed by atoms with van der Waals surface area (Å²) in [7, 11) is 0. The second-order valence-electron chi connectivity index (χ2n) is 23.2. The Bertz CT molecular complexity index is 3020. The standard InChI is InChI=1S/C60H92N20O14/c1-34(82)47(77-48(84)37(61)18-8-24-68-58(62)63)53(89)73-38(19-9-25-69-59(64)65)54(90)80-29-13-23-45(80)56(92)79-28-11-21-43(79)51(87)71-32-46(83)72-40(30-35-14-4-2-5-15-35)49(85)76-42(33-81)55(91)78-27-12-22-44(78)52(88)75-41(31-36-16-6-3-7-17-36)50(86)74-39(57(93)94)20-10-26-70-60(66)67/h2-7,14-17,34,37-45,47,81-82H,8-13,18-33,61H2,1H3,(H,71,87)(H,72,83)(H,73,89)(H,74,86)(H,75,88)(H,76,85)(H,77,84)(H,93,94)(H4,62,63,68)(H4,64,65,69)(H4,66,67,70)/t34-,37-,38-,39-,40-,41-,42-,43-,44-,45-,47-/m0/s1. The van der Waals surface area contributed by atoms with Gasteiger partial charge in [-0.3, -0.25) is 62.9 Å². The molecule has 0 aliphatic carbocycles. The van der Waals surface area contributed by atoms with Gasteiger partial charge in [0.15, 0.2) is 17.9 Å². The molecule has 3 aliphatic rings. The number of guanidine groups is 3. The number of carbonyl (C=O) groups is 11. The number of carboxylic acids is 1. The fraction of sp³-hybridized carbons (Fsp3) is 0.567. The molecule has 0 saturated carbocycles. The summed E-state index contributed by atoms with van der Waals surface area (Å²) >= 11 is 0. The quantitative estimate of drug-likeness (QED) is 0.0171. The van der Waals surface area contributed by atoms with Gasteiger partial charge in [0.2, 0.25) is 59.1 Å². The number of aliphatic imine (C=N–C) groups is 3. The molecule has 34 nitrogen and oxygen atoms in total. The van der Waals surface area contributed by atoms with Crippen molar-refractivity contribution in [3.63, 3.8) is 0 Å². The number of nitrogens with zero attached hydrogens (tertiary/aromatic N) is 6. The van der Waals surface area contributed by atoms with Gasteiger partial charge in [-0.05, 0) is 95.1 Å². The summed E-state index contributed by atoms with van der Waals surface area (Å²) in [4.78, 5) is 168. The van der Waals surface area contributed by atoms with Crippen LogP contribution in [0.2, 0.25) is 0 Å². The van der Waals surface area contributed by atoms with Crippen molar-refractivity contribution in [3.8, 4) is 0 Å². The Morgan fingerprint density at radius 1 is 0.521 bits per heavy atom. The van der Waals surface area contributed by atoms with Gasteiger partial charge in [0.25, 0.3) is 0 Å². The smallest absolute Gasteiger partial charge is 0.326 e. The number of nitrogens with one attached hydrogen (secondary N) is 7. The molecule has 94 heavy (non-hydrogen) atoms. The third-order valence-corrected chi connectivity index (χ3v) is 16.1. The summed E-state index contributed by atoms with van der Waals surface area (Å²) in [5.74, 6) is -9.70. The lowest BCUT2D eigenvalue weighted by molar-refractivity contribution is -0.148. The topological polar surface area (TPSA) is 562 Å². The maximum atomic E-state index is 14.5. The van der Waals surface area contributed by atoms with E-state index in [0.717, 1.165) is 4.90 Å². The minimum absolute atomic E-state index is 0.0156. The van der Waals surface area contributed by atoms with Crippen LogP contribution in [0.1, 0.15) is 95.1 Å². The first kappa shape index (κ1) is 75.0. The van der Waals surface area contributed by atoms with Crippen molar-refractivity contribution in [2.75, 3.05) is 52.4 Å². The average Bonchev–Trinajstić information content (AvgIpc) is 2.34. The Morgan fingerprint density at radius 2 is 0.957 bits per heavy atom. The van der Waals surface area contributed by atoms with Gasteiger partial charge in [0.1, 0.15) is 54.4 Å². The molecule has 2 aromatic rings. The number of aliphatic carboxylic acids is 1. The monoisotopic (exact) mass is 1320 g/mol. The molecule has 0 aromatic heterocycles.